The summed E-state index contributed by atoms with van der Waals surface area (Å²) in [4.78, 5) is 2.24. The molecule has 2 nitrogen and oxygen atoms in total. The minimum Gasteiger partial charge on any atom is -0.377 e. The van der Waals surface area contributed by atoms with Gasteiger partial charge in [0, 0.05) is 18.1 Å². The van der Waals surface area contributed by atoms with Crippen LogP contribution < -0.4 is 0 Å². The van der Waals surface area contributed by atoms with Crippen LogP contribution in [0.1, 0.15) is 19.4 Å². The molecular formula is C13H20ClNO. The summed E-state index contributed by atoms with van der Waals surface area (Å²) < 4.78 is 5.51. The summed E-state index contributed by atoms with van der Waals surface area (Å²) in [5, 5.41) is 0.787. The Bertz CT molecular complexity index is 297. The Morgan fingerprint density at radius 1 is 1.25 bits per heavy atom. The van der Waals surface area contributed by atoms with Gasteiger partial charge in [-0.2, -0.15) is 0 Å². The van der Waals surface area contributed by atoms with Gasteiger partial charge in [-0.1, -0.05) is 23.7 Å². The van der Waals surface area contributed by atoms with E-state index in [1.54, 1.807) is 0 Å². The molecule has 0 saturated heterocycles. The van der Waals surface area contributed by atoms with Crippen LogP contribution in [0.25, 0.3) is 0 Å². The quantitative estimate of drug-likeness (QED) is 0.759. The second kappa shape index (κ2) is 6.89. The van der Waals surface area contributed by atoms with Crippen molar-refractivity contribution in [3.63, 3.8) is 0 Å². The van der Waals surface area contributed by atoms with Gasteiger partial charge in [0.1, 0.15) is 0 Å². The van der Waals surface area contributed by atoms with Crippen molar-refractivity contribution in [2.75, 3.05) is 20.2 Å². The fourth-order valence-corrected chi connectivity index (χ4v) is 1.55. The Morgan fingerprint density at radius 3 is 2.44 bits per heavy atom. The third kappa shape index (κ3) is 5.50. The van der Waals surface area contributed by atoms with Crippen molar-refractivity contribution in [3.05, 3.63) is 34.9 Å². The molecule has 1 aromatic carbocycles. The molecule has 0 spiro atoms. The molecule has 1 aromatic rings. The molecule has 0 radical (unpaired) electrons. The zero-order chi connectivity index (χ0) is 12.0. The molecular weight excluding hydrogens is 222 g/mol. The Kier molecular flexibility index (Phi) is 5.81. The topological polar surface area (TPSA) is 12.5 Å². The van der Waals surface area contributed by atoms with E-state index in [2.05, 4.69) is 37.9 Å². The number of hydrogen-bond donors (Lipinski definition) is 0. The Labute approximate surface area is 103 Å². The van der Waals surface area contributed by atoms with Gasteiger partial charge in [0.25, 0.3) is 0 Å². The molecule has 0 atom stereocenters. The molecule has 0 bridgehead atoms. The number of hydrogen-bond acceptors (Lipinski definition) is 2. The fourth-order valence-electron chi connectivity index (χ4n) is 1.42. The molecule has 0 aliphatic carbocycles. The van der Waals surface area contributed by atoms with Crippen molar-refractivity contribution in [1.82, 2.24) is 4.90 Å². The molecule has 16 heavy (non-hydrogen) atoms. The van der Waals surface area contributed by atoms with Gasteiger partial charge in [-0.05, 0) is 38.6 Å². The lowest BCUT2D eigenvalue weighted by Crippen LogP contribution is -2.23. The van der Waals surface area contributed by atoms with Gasteiger partial charge in [0.15, 0.2) is 0 Å². The summed E-state index contributed by atoms with van der Waals surface area (Å²) >= 11 is 5.83. The van der Waals surface area contributed by atoms with E-state index in [-0.39, 0.29) is 0 Å². The molecule has 90 valence electrons. The molecule has 0 amide bonds. The Balaban J connectivity index is 2.28. The minimum absolute atomic E-state index is 0.309. The minimum atomic E-state index is 0.309. The van der Waals surface area contributed by atoms with E-state index in [1.165, 1.54) is 5.56 Å². The summed E-state index contributed by atoms with van der Waals surface area (Å²) in [5.41, 5.74) is 1.27. The average molecular weight is 242 g/mol. The van der Waals surface area contributed by atoms with Crippen LogP contribution in [0.5, 0.6) is 0 Å². The van der Waals surface area contributed by atoms with Crippen molar-refractivity contribution in [2.24, 2.45) is 0 Å². The van der Waals surface area contributed by atoms with Crippen LogP contribution in [0.3, 0.4) is 0 Å². The molecule has 0 aromatic heterocycles. The predicted octanol–water partition coefficient (Wildman–Crippen LogP) is 3.20. The van der Waals surface area contributed by atoms with Gasteiger partial charge in [0.2, 0.25) is 0 Å². The van der Waals surface area contributed by atoms with Crippen LogP contribution in [-0.2, 0) is 11.3 Å². The Morgan fingerprint density at radius 2 is 1.88 bits per heavy atom. The van der Waals surface area contributed by atoms with Crippen molar-refractivity contribution in [2.45, 2.75) is 26.5 Å². The van der Waals surface area contributed by atoms with Gasteiger partial charge in [-0.15, -0.1) is 0 Å². The van der Waals surface area contributed by atoms with Crippen LogP contribution in [0.2, 0.25) is 5.02 Å². The highest BCUT2D eigenvalue weighted by Crippen LogP contribution is 2.10. The monoisotopic (exact) mass is 241 g/mol. The van der Waals surface area contributed by atoms with E-state index in [1.807, 2.05) is 12.1 Å². The van der Waals surface area contributed by atoms with Gasteiger partial charge in [0.05, 0.1) is 12.7 Å². The summed E-state index contributed by atoms with van der Waals surface area (Å²) in [6, 6.07) is 7.97. The summed E-state index contributed by atoms with van der Waals surface area (Å²) in [6.07, 6.45) is 0.309. The maximum absolute atomic E-state index is 5.83. The smallest absolute Gasteiger partial charge is 0.0596 e. The maximum atomic E-state index is 5.83. The fraction of sp³-hybridized carbons (Fsp3) is 0.538. The highest BCUT2D eigenvalue weighted by atomic mass is 35.5. The second-order valence-corrected chi connectivity index (χ2v) is 4.72. The van der Waals surface area contributed by atoms with E-state index in [0.717, 1.165) is 24.7 Å². The molecule has 0 aliphatic heterocycles. The first-order valence-corrected chi connectivity index (χ1v) is 6.00. The maximum Gasteiger partial charge on any atom is 0.0596 e. The molecule has 0 saturated carbocycles. The Hall–Kier alpha value is -0.570. The van der Waals surface area contributed by atoms with Crippen LogP contribution >= 0.6 is 11.6 Å². The number of ether oxygens (including phenoxy) is 1. The van der Waals surface area contributed by atoms with E-state index >= 15 is 0 Å². The summed E-state index contributed by atoms with van der Waals surface area (Å²) in [5.74, 6) is 0. The van der Waals surface area contributed by atoms with Crippen LogP contribution in [0.4, 0.5) is 0 Å². The molecule has 0 heterocycles. The van der Waals surface area contributed by atoms with E-state index < -0.39 is 0 Å². The van der Waals surface area contributed by atoms with Gasteiger partial charge >= 0.3 is 0 Å². The third-order valence-electron chi connectivity index (χ3n) is 2.29. The van der Waals surface area contributed by atoms with Gasteiger partial charge in [-0.25, -0.2) is 0 Å². The predicted molar refractivity (Wildman–Crippen MR) is 68.9 cm³/mol. The summed E-state index contributed by atoms with van der Waals surface area (Å²) in [6.45, 7) is 6.76. The number of benzene rings is 1. The lowest BCUT2D eigenvalue weighted by molar-refractivity contribution is 0.0627. The first-order chi connectivity index (χ1) is 7.58. The van der Waals surface area contributed by atoms with Crippen molar-refractivity contribution in [1.29, 1.82) is 0 Å². The average Bonchev–Trinajstić information content (AvgIpc) is 2.21. The van der Waals surface area contributed by atoms with E-state index in [4.69, 9.17) is 16.3 Å². The first kappa shape index (κ1) is 13.5. The van der Waals surface area contributed by atoms with E-state index in [9.17, 15) is 0 Å². The molecule has 1 rings (SSSR count). The first-order valence-electron chi connectivity index (χ1n) is 5.62. The van der Waals surface area contributed by atoms with Crippen LogP contribution in [0.15, 0.2) is 24.3 Å². The van der Waals surface area contributed by atoms with Gasteiger partial charge in [-0.3, -0.25) is 4.90 Å². The molecule has 0 N–H and O–H groups in total. The summed E-state index contributed by atoms with van der Waals surface area (Å²) in [7, 11) is 2.10. The second-order valence-electron chi connectivity index (χ2n) is 4.28. The normalized spacial score (nSPS) is 11.4. The third-order valence-corrected chi connectivity index (χ3v) is 2.54. The zero-order valence-corrected chi connectivity index (χ0v) is 11.0. The molecule has 0 unspecified atom stereocenters. The highest BCUT2D eigenvalue weighted by molar-refractivity contribution is 6.30. The van der Waals surface area contributed by atoms with Crippen LogP contribution in [-0.4, -0.2) is 31.2 Å². The van der Waals surface area contributed by atoms with Gasteiger partial charge < -0.3 is 4.74 Å². The van der Waals surface area contributed by atoms with Crippen molar-refractivity contribution in [3.8, 4) is 0 Å². The zero-order valence-electron chi connectivity index (χ0n) is 10.2. The van der Waals surface area contributed by atoms with Crippen molar-refractivity contribution < 1.29 is 4.74 Å². The van der Waals surface area contributed by atoms with Crippen molar-refractivity contribution >= 4 is 11.6 Å². The number of halogens is 1. The number of rotatable bonds is 6. The number of likely N-dealkylation sites (N-methyl/N-ethyl adjacent to an activating group) is 1. The highest BCUT2D eigenvalue weighted by Gasteiger charge is 2.01. The lowest BCUT2D eigenvalue weighted by atomic mass is 10.2. The molecule has 3 heteroatoms. The molecule has 0 aliphatic rings. The molecule has 0 fully saturated rings. The van der Waals surface area contributed by atoms with E-state index in [0.29, 0.717) is 6.10 Å². The standard InChI is InChI=1S/C13H20ClNO/c1-11(2)16-9-8-15(3)10-12-4-6-13(14)7-5-12/h4-7,11H,8-10H2,1-3H3. The van der Waals surface area contributed by atoms with Crippen LogP contribution in [0, 0.1) is 0 Å². The SMILES string of the molecule is CC(C)OCCN(C)Cc1ccc(Cl)cc1. The lowest BCUT2D eigenvalue weighted by Gasteiger charge is -2.17. The largest absolute Gasteiger partial charge is 0.377 e. The number of nitrogens with zero attached hydrogens (tertiary/aromatic N) is 1.